The summed E-state index contributed by atoms with van der Waals surface area (Å²) >= 11 is 26.8. The van der Waals surface area contributed by atoms with Gasteiger partial charge in [0, 0.05) is 33.4 Å². The van der Waals surface area contributed by atoms with Crippen LogP contribution in [0.4, 0.5) is 0 Å². The maximum Gasteiger partial charge on any atom is 0.117 e. The highest BCUT2D eigenvalue weighted by molar-refractivity contribution is 7.84. The SMILES string of the molecule is S=C1C(=Cc2nc3c(s2)-c2sc(C=C4C(=S)c5ccccc5C4=S)nc2C32CCCCC2)C(=S)c2ccccc21. The molecule has 2 heterocycles. The Bertz CT molecular complexity index is 1700. The molecule has 1 saturated carbocycles. The van der Waals surface area contributed by atoms with Crippen LogP contribution in [-0.2, 0) is 5.41 Å². The van der Waals surface area contributed by atoms with Crippen molar-refractivity contribution < 1.29 is 0 Å². The standard InChI is InChI=1S/C32H20N2S6/c35-24-16-8-2-3-9-17(16)25(36)20(24)14-22-33-30-28(39-22)29-31(32(30)12-6-1-7-13-32)34-23(40-29)15-21-26(37)18-10-4-5-11-19(18)27(21)38/h2-5,8-11,14-15H,1,6-7,12-13H2. The molecule has 8 rings (SSSR count). The van der Waals surface area contributed by atoms with E-state index in [2.05, 4.69) is 36.4 Å². The van der Waals surface area contributed by atoms with Crippen LogP contribution in [0.2, 0.25) is 0 Å². The first kappa shape index (κ1) is 25.3. The zero-order valence-electron chi connectivity index (χ0n) is 21.2. The maximum atomic E-state index is 5.84. The third-order valence-corrected chi connectivity index (χ3v) is 12.4. The van der Waals surface area contributed by atoms with Gasteiger partial charge in [0.1, 0.15) is 10.0 Å². The van der Waals surface area contributed by atoms with Gasteiger partial charge in [0.05, 0.1) is 46.0 Å². The van der Waals surface area contributed by atoms with Crippen LogP contribution in [0.3, 0.4) is 0 Å². The van der Waals surface area contributed by atoms with E-state index < -0.39 is 0 Å². The molecule has 4 aliphatic carbocycles. The van der Waals surface area contributed by atoms with Gasteiger partial charge in [-0.05, 0) is 25.0 Å². The number of hydrogen-bond donors (Lipinski definition) is 0. The van der Waals surface area contributed by atoms with Gasteiger partial charge in [-0.3, -0.25) is 0 Å². The molecule has 1 fully saturated rings. The van der Waals surface area contributed by atoms with Gasteiger partial charge in [-0.2, -0.15) is 0 Å². The van der Waals surface area contributed by atoms with Gasteiger partial charge in [0.15, 0.2) is 0 Å². The van der Waals surface area contributed by atoms with Crippen LogP contribution in [0.1, 0.15) is 75.8 Å². The minimum absolute atomic E-state index is 0.122. The van der Waals surface area contributed by atoms with Gasteiger partial charge in [0.2, 0.25) is 0 Å². The minimum Gasteiger partial charge on any atom is -0.240 e. The first-order chi connectivity index (χ1) is 19.5. The van der Waals surface area contributed by atoms with Crippen LogP contribution in [-0.4, -0.2) is 29.4 Å². The van der Waals surface area contributed by atoms with Crippen molar-refractivity contribution in [3.8, 4) is 9.75 Å². The van der Waals surface area contributed by atoms with Crippen molar-refractivity contribution >= 4 is 103 Å². The van der Waals surface area contributed by atoms with Crippen molar-refractivity contribution in [1.29, 1.82) is 0 Å². The lowest BCUT2D eigenvalue weighted by Crippen LogP contribution is -2.29. The molecule has 2 aromatic carbocycles. The summed E-state index contributed by atoms with van der Waals surface area (Å²) in [5, 5.41) is 1.94. The minimum atomic E-state index is -0.122. The molecule has 4 aromatic rings. The highest BCUT2D eigenvalue weighted by atomic mass is 32.1. The van der Waals surface area contributed by atoms with Crippen molar-refractivity contribution in [2.24, 2.45) is 0 Å². The zero-order chi connectivity index (χ0) is 27.2. The summed E-state index contributed by atoms with van der Waals surface area (Å²) in [6.45, 7) is 0. The molecule has 4 aliphatic rings. The molecule has 0 amide bonds. The molecular weight excluding hydrogens is 605 g/mol. The summed E-state index contributed by atoms with van der Waals surface area (Å²) in [7, 11) is 0. The lowest BCUT2D eigenvalue weighted by molar-refractivity contribution is 0.340. The molecule has 8 heteroatoms. The van der Waals surface area contributed by atoms with E-state index in [0.29, 0.717) is 0 Å². The molecule has 2 aromatic heterocycles. The lowest BCUT2D eigenvalue weighted by Gasteiger charge is -2.32. The first-order valence-corrected chi connectivity index (χ1v) is 16.6. The van der Waals surface area contributed by atoms with E-state index in [0.717, 1.165) is 75.7 Å². The third-order valence-electron chi connectivity index (χ3n) is 8.45. The Kier molecular flexibility index (Phi) is 5.86. The van der Waals surface area contributed by atoms with E-state index in [1.54, 1.807) is 22.7 Å². The Morgan fingerprint density at radius 3 is 1.32 bits per heavy atom. The van der Waals surface area contributed by atoms with Crippen LogP contribution >= 0.6 is 71.5 Å². The zero-order valence-corrected chi connectivity index (χ0v) is 26.1. The third kappa shape index (κ3) is 3.53. The predicted molar refractivity (Wildman–Crippen MR) is 183 cm³/mol. The largest absolute Gasteiger partial charge is 0.240 e. The second kappa shape index (κ2) is 9.28. The summed E-state index contributed by atoms with van der Waals surface area (Å²) in [5.74, 6) is 0. The van der Waals surface area contributed by atoms with Crippen LogP contribution in [0.25, 0.3) is 21.9 Å². The number of aromatic nitrogens is 2. The molecule has 0 atom stereocenters. The molecule has 2 nitrogen and oxygen atoms in total. The number of rotatable bonds is 2. The maximum absolute atomic E-state index is 5.84. The van der Waals surface area contributed by atoms with Crippen molar-refractivity contribution in [3.63, 3.8) is 0 Å². The molecule has 0 bridgehead atoms. The smallest absolute Gasteiger partial charge is 0.117 e. The van der Waals surface area contributed by atoms with Crippen LogP contribution in [0.5, 0.6) is 0 Å². The fourth-order valence-electron chi connectivity index (χ4n) is 6.55. The second-order valence-corrected chi connectivity index (χ2v) is 14.3. The lowest BCUT2D eigenvalue weighted by atomic mass is 9.72. The fourth-order valence-corrected chi connectivity index (χ4v) is 10.4. The Balaban J connectivity index is 1.22. The van der Waals surface area contributed by atoms with E-state index in [1.807, 2.05) is 24.3 Å². The van der Waals surface area contributed by atoms with Gasteiger partial charge < -0.3 is 0 Å². The molecule has 0 N–H and O–H groups in total. The van der Waals surface area contributed by atoms with Gasteiger partial charge in [-0.15, -0.1) is 22.7 Å². The van der Waals surface area contributed by atoms with Crippen LogP contribution in [0.15, 0.2) is 59.7 Å². The highest BCUT2D eigenvalue weighted by Gasteiger charge is 2.49. The molecule has 1 spiro atoms. The summed E-state index contributed by atoms with van der Waals surface area (Å²) in [6.07, 6.45) is 10.0. The van der Waals surface area contributed by atoms with E-state index in [-0.39, 0.29) is 5.41 Å². The van der Waals surface area contributed by atoms with E-state index in [9.17, 15) is 0 Å². The Labute approximate surface area is 261 Å². The van der Waals surface area contributed by atoms with Crippen LogP contribution < -0.4 is 0 Å². The number of hydrogen-bond acceptors (Lipinski definition) is 8. The van der Waals surface area contributed by atoms with Crippen molar-refractivity contribution in [2.45, 2.75) is 37.5 Å². The van der Waals surface area contributed by atoms with E-state index in [4.69, 9.17) is 58.8 Å². The van der Waals surface area contributed by atoms with Gasteiger partial charge in [-0.25, -0.2) is 9.97 Å². The number of allylic oxidation sites excluding steroid dienone is 2. The quantitative estimate of drug-likeness (QED) is 0.163. The molecule has 194 valence electrons. The molecular formula is C32H20N2S6. The highest BCUT2D eigenvalue weighted by Crippen LogP contribution is 2.59. The number of thiocarbonyl (C=S) groups is 4. The first-order valence-electron chi connectivity index (χ1n) is 13.3. The van der Waals surface area contributed by atoms with Crippen molar-refractivity contribution in [3.05, 3.63) is 103 Å². The van der Waals surface area contributed by atoms with Crippen molar-refractivity contribution in [2.75, 3.05) is 0 Å². The summed E-state index contributed by atoms with van der Waals surface area (Å²) in [6, 6.07) is 16.3. The summed E-state index contributed by atoms with van der Waals surface area (Å²) in [5.41, 5.74) is 8.35. The predicted octanol–water partition coefficient (Wildman–Crippen LogP) is 8.90. The Morgan fingerprint density at radius 2 is 0.950 bits per heavy atom. The summed E-state index contributed by atoms with van der Waals surface area (Å²) in [4.78, 5) is 16.3. The molecule has 0 aliphatic heterocycles. The average molecular weight is 625 g/mol. The number of nitrogens with zero attached hydrogens (tertiary/aromatic N) is 2. The fraction of sp³-hybridized carbons (Fsp3) is 0.188. The monoisotopic (exact) mass is 624 g/mol. The van der Waals surface area contributed by atoms with Gasteiger partial charge in [0.25, 0.3) is 0 Å². The Morgan fingerprint density at radius 1 is 0.575 bits per heavy atom. The van der Waals surface area contributed by atoms with Crippen LogP contribution in [0, 0.1) is 0 Å². The van der Waals surface area contributed by atoms with Gasteiger partial charge in [-0.1, -0.05) is 117 Å². The number of fused-ring (bicyclic) bond motifs is 7. The van der Waals surface area contributed by atoms with E-state index >= 15 is 0 Å². The average Bonchev–Trinajstić information content (AvgIpc) is 3.75. The normalized spacial score (nSPS) is 18.3. The topological polar surface area (TPSA) is 25.8 Å². The summed E-state index contributed by atoms with van der Waals surface area (Å²) < 4.78 is 0. The number of thiazole rings is 2. The van der Waals surface area contributed by atoms with E-state index in [1.165, 1.54) is 40.4 Å². The molecule has 0 unspecified atom stereocenters. The molecule has 0 saturated heterocycles. The second-order valence-electron chi connectivity index (χ2n) is 10.6. The van der Waals surface area contributed by atoms with Gasteiger partial charge >= 0.3 is 0 Å². The molecule has 40 heavy (non-hydrogen) atoms. The molecule has 0 radical (unpaired) electrons. The Hall–Kier alpha value is -2.46. The number of benzene rings is 2. The van der Waals surface area contributed by atoms with Crippen molar-refractivity contribution in [1.82, 2.24) is 9.97 Å².